The van der Waals surface area contributed by atoms with Gasteiger partial charge in [-0.05, 0) is 17.7 Å². The Labute approximate surface area is 87.4 Å². The van der Waals surface area contributed by atoms with Crippen LogP contribution in [0.4, 0.5) is 0 Å². The molecular weight excluding hydrogens is 198 g/mol. The van der Waals surface area contributed by atoms with E-state index in [0.717, 1.165) is 0 Å². The second-order valence-corrected chi connectivity index (χ2v) is 2.93. The zero-order valence-corrected chi connectivity index (χ0v) is 8.56. The molecule has 1 rings (SSSR count). The fourth-order valence-corrected chi connectivity index (χ4v) is 1.16. The summed E-state index contributed by atoms with van der Waals surface area (Å²) in [5.41, 5.74) is 6.06. The summed E-state index contributed by atoms with van der Waals surface area (Å²) in [5, 5.41) is 9.46. The average molecular weight is 211 g/mol. The van der Waals surface area contributed by atoms with Gasteiger partial charge in [0.1, 0.15) is 6.04 Å². The minimum Gasteiger partial charge on any atom is -0.504 e. The van der Waals surface area contributed by atoms with Crippen LogP contribution in [0.1, 0.15) is 11.6 Å². The molecule has 1 aromatic carbocycles. The molecule has 0 aliphatic rings. The first kappa shape index (κ1) is 11.3. The minimum absolute atomic E-state index is 0.0608. The first-order valence-corrected chi connectivity index (χ1v) is 4.30. The van der Waals surface area contributed by atoms with E-state index in [2.05, 4.69) is 4.74 Å². The van der Waals surface area contributed by atoms with Crippen molar-refractivity contribution in [3.05, 3.63) is 23.8 Å². The molecule has 1 atom stereocenters. The Kier molecular flexibility index (Phi) is 3.51. The fraction of sp³-hybridized carbons (Fsp3) is 0.300. The number of nitrogens with two attached hydrogens (primary N) is 1. The lowest BCUT2D eigenvalue weighted by Gasteiger charge is -2.11. The molecule has 5 heteroatoms. The van der Waals surface area contributed by atoms with Crippen molar-refractivity contribution < 1.29 is 19.4 Å². The number of phenols is 1. The first-order chi connectivity index (χ1) is 7.10. The Hall–Kier alpha value is -1.75. The van der Waals surface area contributed by atoms with Gasteiger partial charge in [0, 0.05) is 0 Å². The molecule has 0 spiro atoms. The predicted octanol–water partition coefficient (Wildman–Crippen LogP) is 0.574. The zero-order chi connectivity index (χ0) is 11.4. The second kappa shape index (κ2) is 4.65. The molecule has 0 bridgehead atoms. The van der Waals surface area contributed by atoms with E-state index in [0.29, 0.717) is 11.3 Å². The maximum atomic E-state index is 11.1. The van der Waals surface area contributed by atoms with E-state index < -0.39 is 12.0 Å². The summed E-state index contributed by atoms with van der Waals surface area (Å²) in [6.45, 7) is 0. The molecule has 0 aromatic heterocycles. The van der Waals surface area contributed by atoms with E-state index >= 15 is 0 Å². The lowest BCUT2D eigenvalue weighted by molar-refractivity contribution is -0.142. The van der Waals surface area contributed by atoms with Crippen molar-refractivity contribution in [1.29, 1.82) is 0 Å². The number of rotatable bonds is 3. The standard InChI is InChI=1S/C10H13NO4/c1-14-8-4-3-6(5-7(8)12)9(11)10(13)15-2/h3-5,9,12H,11H2,1-2H3. The topological polar surface area (TPSA) is 81.8 Å². The molecule has 0 fully saturated rings. The third kappa shape index (κ3) is 2.38. The number of benzene rings is 1. The monoisotopic (exact) mass is 211 g/mol. The summed E-state index contributed by atoms with van der Waals surface area (Å²) in [5.74, 6) is -0.287. The van der Waals surface area contributed by atoms with Crippen LogP contribution in [0.5, 0.6) is 11.5 Å². The van der Waals surface area contributed by atoms with E-state index in [-0.39, 0.29) is 5.75 Å². The van der Waals surface area contributed by atoms with E-state index in [1.165, 1.54) is 26.4 Å². The number of aromatic hydroxyl groups is 1. The maximum absolute atomic E-state index is 11.1. The third-order valence-electron chi connectivity index (χ3n) is 2.02. The highest BCUT2D eigenvalue weighted by Crippen LogP contribution is 2.28. The molecular formula is C10H13NO4. The van der Waals surface area contributed by atoms with Crippen LogP contribution in [-0.2, 0) is 9.53 Å². The van der Waals surface area contributed by atoms with Gasteiger partial charge in [0.25, 0.3) is 0 Å². The third-order valence-corrected chi connectivity index (χ3v) is 2.02. The Morgan fingerprint density at radius 2 is 2.13 bits per heavy atom. The van der Waals surface area contributed by atoms with Crippen LogP contribution in [0.15, 0.2) is 18.2 Å². The summed E-state index contributed by atoms with van der Waals surface area (Å²) in [6.07, 6.45) is 0. The van der Waals surface area contributed by atoms with Crippen LogP contribution in [0.3, 0.4) is 0 Å². The number of carbonyl (C=O) groups excluding carboxylic acids is 1. The lowest BCUT2D eigenvalue weighted by Crippen LogP contribution is -2.22. The number of hydrogen-bond donors (Lipinski definition) is 2. The molecule has 0 aliphatic carbocycles. The molecule has 5 nitrogen and oxygen atoms in total. The van der Waals surface area contributed by atoms with Crippen molar-refractivity contribution in [2.45, 2.75) is 6.04 Å². The lowest BCUT2D eigenvalue weighted by atomic mass is 10.1. The van der Waals surface area contributed by atoms with Crippen molar-refractivity contribution in [1.82, 2.24) is 0 Å². The van der Waals surface area contributed by atoms with Gasteiger partial charge >= 0.3 is 5.97 Å². The van der Waals surface area contributed by atoms with Gasteiger partial charge < -0.3 is 20.3 Å². The fourth-order valence-electron chi connectivity index (χ4n) is 1.16. The van der Waals surface area contributed by atoms with E-state index in [1.54, 1.807) is 6.07 Å². The highest BCUT2D eigenvalue weighted by molar-refractivity contribution is 5.77. The normalized spacial score (nSPS) is 11.9. The summed E-state index contributed by atoms with van der Waals surface area (Å²) >= 11 is 0. The van der Waals surface area contributed by atoms with E-state index in [1.807, 2.05) is 0 Å². The first-order valence-electron chi connectivity index (χ1n) is 4.30. The maximum Gasteiger partial charge on any atom is 0.327 e. The zero-order valence-electron chi connectivity index (χ0n) is 8.56. The number of hydrogen-bond acceptors (Lipinski definition) is 5. The number of carbonyl (C=O) groups is 1. The molecule has 3 N–H and O–H groups in total. The van der Waals surface area contributed by atoms with Gasteiger partial charge in [-0.15, -0.1) is 0 Å². The highest BCUT2D eigenvalue weighted by Gasteiger charge is 2.17. The second-order valence-electron chi connectivity index (χ2n) is 2.93. The Bertz CT molecular complexity index is 364. The largest absolute Gasteiger partial charge is 0.504 e. The number of ether oxygens (including phenoxy) is 2. The summed E-state index contributed by atoms with van der Waals surface area (Å²) in [4.78, 5) is 11.1. The number of phenolic OH excluding ortho intramolecular Hbond substituents is 1. The average Bonchev–Trinajstić information content (AvgIpc) is 2.26. The van der Waals surface area contributed by atoms with Gasteiger partial charge in [-0.1, -0.05) is 6.07 Å². The Morgan fingerprint density at radius 3 is 2.60 bits per heavy atom. The smallest absolute Gasteiger partial charge is 0.327 e. The van der Waals surface area contributed by atoms with Gasteiger partial charge in [-0.3, -0.25) is 4.79 Å². The van der Waals surface area contributed by atoms with Gasteiger partial charge in [0.2, 0.25) is 0 Å². The van der Waals surface area contributed by atoms with Crippen LogP contribution < -0.4 is 10.5 Å². The van der Waals surface area contributed by atoms with Crippen LogP contribution in [0.25, 0.3) is 0 Å². The molecule has 1 unspecified atom stereocenters. The van der Waals surface area contributed by atoms with Crippen LogP contribution >= 0.6 is 0 Å². The summed E-state index contributed by atoms with van der Waals surface area (Å²) < 4.78 is 9.35. The van der Waals surface area contributed by atoms with Crippen LogP contribution in [0.2, 0.25) is 0 Å². The molecule has 0 amide bonds. The summed E-state index contributed by atoms with van der Waals surface area (Å²) in [6, 6.07) is 3.61. The molecule has 0 aliphatic heterocycles. The van der Waals surface area contributed by atoms with Crippen molar-refractivity contribution in [3.8, 4) is 11.5 Å². The molecule has 0 saturated carbocycles. The van der Waals surface area contributed by atoms with Crippen LogP contribution in [-0.4, -0.2) is 25.3 Å². The van der Waals surface area contributed by atoms with E-state index in [9.17, 15) is 9.90 Å². The number of methoxy groups -OCH3 is 2. The van der Waals surface area contributed by atoms with Crippen molar-refractivity contribution in [3.63, 3.8) is 0 Å². The molecule has 82 valence electrons. The minimum atomic E-state index is -0.896. The highest BCUT2D eigenvalue weighted by atomic mass is 16.5. The van der Waals surface area contributed by atoms with Crippen molar-refractivity contribution >= 4 is 5.97 Å². The Morgan fingerprint density at radius 1 is 1.47 bits per heavy atom. The number of esters is 1. The molecule has 0 saturated heterocycles. The molecule has 1 aromatic rings. The Balaban J connectivity index is 2.97. The van der Waals surface area contributed by atoms with Crippen molar-refractivity contribution in [2.24, 2.45) is 5.73 Å². The molecule has 0 radical (unpaired) electrons. The quantitative estimate of drug-likeness (QED) is 0.714. The van der Waals surface area contributed by atoms with Crippen molar-refractivity contribution in [2.75, 3.05) is 14.2 Å². The summed E-state index contributed by atoms with van der Waals surface area (Å²) in [7, 11) is 2.69. The van der Waals surface area contributed by atoms with Gasteiger partial charge in [0.15, 0.2) is 11.5 Å². The van der Waals surface area contributed by atoms with Gasteiger partial charge in [-0.2, -0.15) is 0 Å². The van der Waals surface area contributed by atoms with Crippen LogP contribution in [0, 0.1) is 0 Å². The van der Waals surface area contributed by atoms with Gasteiger partial charge in [-0.25, -0.2) is 0 Å². The van der Waals surface area contributed by atoms with Gasteiger partial charge in [0.05, 0.1) is 14.2 Å². The SMILES string of the molecule is COC(=O)C(N)c1ccc(OC)c(O)c1. The predicted molar refractivity (Wildman–Crippen MR) is 53.6 cm³/mol. The molecule has 0 heterocycles. The molecule has 15 heavy (non-hydrogen) atoms. The van der Waals surface area contributed by atoms with E-state index in [4.69, 9.17) is 10.5 Å².